The molecule has 0 fully saturated rings. The van der Waals surface area contributed by atoms with Gasteiger partial charge < -0.3 is 9.84 Å². The van der Waals surface area contributed by atoms with Gasteiger partial charge in [0.1, 0.15) is 11.6 Å². The van der Waals surface area contributed by atoms with Gasteiger partial charge in [-0.15, -0.1) is 0 Å². The second-order valence-corrected chi connectivity index (χ2v) is 3.57. The summed E-state index contributed by atoms with van der Waals surface area (Å²) in [4.78, 5) is 0. The Morgan fingerprint density at radius 3 is 2.47 bits per heavy atom. The zero-order chi connectivity index (χ0) is 13.1. The number of alkyl halides is 3. The summed E-state index contributed by atoms with van der Waals surface area (Å²) in [6.45, 7) is 0.833. The summed E-state index contributed by atoms with van der Waals surface area (Å²) >= 11 is 0. The third kappa shape index (κ3) is 4.60. The zero-order valence-electron chi connectivity index (χ0n) is 9.09. The lowest BCUT2D eigenvalue weighted by Gasteiger charge is -2.11. The van der Waals surface area contributed by atoms with Crippen LogP contribution in [0.2, 0.25) is 0 Å². The number of aliphatic hydroxyl groups excluding tert-OH is 1. The Kier molecular flexibility index (Phi) is 4.34. The molecule has 0 spiro atoms. The largest absolute Gasteiger partial charge is 0.493 e. The maximum atomic E-state index is 13.3. The lowest BCUT2D eigenvalue weighted by molar-refractivity contribution is -0.139. The Morgan fingerprint density at radius 1 is 1.35 bits per heavy atom. The summed E-state index contributed by atoms with van der Waals surface area (Å²) in [5.41, 5.74) is 0.0770. The van der Waals surface area contributed by atoms with E-state index >= 15 is 0 Å². The van der Waals surface area contributed by atoms with E-state index < -0.39 is 31.1 Å². The van der Waals surface area contributed by atoms with Crippen LogP contribution >= 0.6 is 0 Å². The van der Waals surface area contributed by atoms with Crippen molar-refractivity contribution in [3.8, 4) is 5.75 Å². The molecule has 0 heterocycles. The van der Waals surface area contributed by atoms with E-state index in [4.69, 9.17) is 9.84 Å². The molecule has 1 aromatic carbocycles. The van der Waals surface area contributed by atoms with Gasteiger partial charge in [-0.2, -0.15) is 13.2 Å². The van der Waals surface area contributed by atoms with Crippen molar-refractivity contribution in [1.29, 1.82) is 0 Å². The minimum Gasteiger partial charge on any atom is -0.493 e. The van der Waals surface area contributed by atoms with Gasteiger partial charge in [-0.3, -0.25) is 0 Å². The van der Waals surface area contributed by atoms with E-state index in [1.54, 1.807) is 0 Å². The average molecular weight is 252 g/mol. The molecule has 0 saturated heterocycles. The maximum Gasteiger partial charge on any atom is 0.392 e. The molecule has 17 heavy (non-hydrogen) atoms. The molecule has 0 aliphatic heterocycles. The maximum absolute atomic E-state index is 13.3. The SMILES string of the molecule is C[C@@H](O)c1ccc(OCCC(F)(F)F)cc1F. The van der Waals surface area contributed by atoms with Crippen molar-refractivity contribution in [3.63, 3.8) is 0 Å². The zero-order valence-corrected chi connectivity index (χ0v) is 9.09. The smallest absolute Gasteiger partial charge is 0.392 e. The van der Waals surface area contributed by atoms with E-state index in [1.165, 1.54) is 19.1 Å². The van der Waals surface area contributed by atoms with E-state index in [2.05, 4.69) is 0 Å². The molecular weight excluding hydrogens is 240 g/mol. The van der Waals surface area contributed by atoms with Crippen molar-refractivity contribution in [2.75, 3.05) is 6.61 Å². The van der Waals surface area contributed by atoms with Crippen LogP contribution in [0.1, 0.15) is 25.0 Å². The molecule has 1 atom stereocenters. The number of ether oxygens (including phenoxy) is 1. The first-order chi connectivity index (χ1) is 7.79. The summed E-state index contributed by atoms with van der Waals surface area (Å²) in [6.07, 6.45) is -6.36. The molecule has 96 valence electrons. The lowest BCUT2D eigenvalue weighted by Crippen LogP contribution is -2.13. The standard InChI is InChI=1S/C11H12F4O2/c1-7(16)9-3-2-8(6-10(9)12)17-5-4-11(13,14)15/h2-3,6-7,16H,4-5H2,1H3/t7-/m1/s1. The number of halogens is 4. The minimum atomic E-state index is -4.29. The summed E-state index contributed by atoms with van der Waals surface area (Å²) in [7, 11) is 0. The number of aliphatic hydroxyl groups is 1. The van der Waals surface area contributed by atoms with Crippen molar-refractivity contribution in [2.45, 2.75) is 25.6 Å². The number of hydrogen-bond acceptors (Lipinski definition) is 2. The Balaban J connectivity index is 2.59. The molecule has 0 aliphatic carbocycles. The summed E-state index contributed by atoms with van der Waals surface area (Å²) in [5, 5.41) is 9.15. The predicted octanol–water partition coefficient (Wildman–Crippen LogP) is 3.21. The molecule has 6 heteroatoms. The topological polar surface area (TPSA) is 29.5 Å². The fourth-order valence-electron chi connectivity index (χ4n) is 1.22. The van der Waals surface area contributed by atoms with E-state index in [0.29, 0.717) is 0 Å². The van der Waals surface area contributed by atoms with Crippen LogP contribution < -0.4 is 4.74 Å². The van der Waals surface area contributed by atoms with Gasteiger partial charge in [0.05, 0.1) is 19.1 Å². The molecule has 2 nitrogen and oxygen atoms in total. The van der Waals surface area contributed by atoms with E-state index in [0.717, 1.165) is 6.07 Å². The second kappa shape index (κ2) is 5.35. The van der Waals surface area contributed by atoms with Crippen LogP contribution in [0.5, 0.6) is 5.75 Å². The monoisotopic (exact) mass is 252 g/mol. The Labute approximate surface area is 95.8 Å². The molecular formula is C11H12F4O2. The minimum absolute atomic E-state index is 0.0103. The first-order valence-electron chi connectivity index (χ1n) is 4.96. The number of rotatable bonds is 4. The summed E-state index contributed by atoms with van der Waals surface area (Å²) < 4.78 is 53.5. The van der Waals surface area contributed by atoms with Gasteiger partial charge in [-0.05, 0) is 19.1 Å². The Morgan fingerprint density at radius 2 is 2.00 bits per heavy atom. The molecule has 0 bridgehead atoms. The highest BCUT2D eigenvalue weighted by molar-refractivity contribution is 5.29. The van der Waals surface area contributed by atoms with Crippen molar-refractivity contribution < 1.29 is 27.4 Å². The van der Waals surface area contributed by atoms with Crippen LogP contribution in [0.4, 0.5) is 17.6 Å². The van der Waals surface area contributed by atoms with Crippen LogP contribution in [0.15, 0.2) is 18.2 Å². The first kappa shape index (κ1) is 13.8. The molecule has 1 aromatic rings. The summed E-state index contributed by atoms with van der Waals surface area (Å²) in [6, 6.07) is 3.56. The van der Waals surface area contributed by atoms with Gasteiger partial charge in [0, 0.05) is 11.6 Å². The van der Waals surface area contributed by atoms with Gasteiger partial charge in [0.2, 0.25) is 0 Å². The fraction of sp³-hybridized carbons (Fsp3) is 0.455. The van der Waals surface area contributed by atoms with Crippen molar-refractivity contribution in [2.24, 2.45) is 0 Å². The summed E-state index contributed by atoms with van der Waals surface area (Å²) in [5.74, 6) is -0.694. The molecule has 0 aromatic heterocycles. The quantitative estimate of drug-likeness (QED) is 0.834. The van der Waals surface area contributed by atoms with E-state index in [1.807, 2.05) is 0 Å². The highest BCUT2D eigenvalue weighted by Gasteiger charge is 2.26. The average Bonchev–Trinajstić information content (AvgIpc) is 2.15. The molecule has 0 unspecified atom stereocenters. The number of benzene rings is 1. The lowest BCUT2D eigenvalue weighted by atomic mass is 10.1. The van der Waals surface area contributed by atoms with Gasteiger partial charge in [-0.1, -0.05) is 0 Å². The van der Waals surface area contributed by atoms with Crippen LogP contribution in [0.3, 0.4) is 0 Å². The molecule has 0 amide bonds. The highest BCUT2D eigenvalue weighted by atomic mass is 19.4. The van der Waals surface area contributed by atoms with E-state index in [9.17, 15) is 17.6 Å². The van der Waals surface area contributed by atoms with Crippen LogP contribution in [-0.2, 0) is 0 Å². The van der Waals surface area contributed by atoms with Gasteiger partial charge in [-0.25, -0.2) is 4.39 Å². The van der Waals surface area contributed by atoms with Crippen LogP contribution in [-0.4, -0.2) is 17.9 Å². The normalized spacial score (nSPS) is 13.5. The van der Waals surface area contributed by atoms with Gasteiger partial charge in [0.25, 0.3) is 0 Å². The number of hydrogen-bond donors (Lipinski definition) is 1. The molecule has 0 saturated carbocycles. The third-order valence-corrected chi connectivity index (χ3v) is 2.08. The van der Waals surface area contributed by atoms with Crippen LogP contribution in [0, 0.1) is 5.82 Å². The van der Waals surface area contributed by atoms with Crippen molar-refractivity contribution in [3.05, 3.63) is 29.6 Å². The molecule has 0 aliphatic rings. The van der Waals surface area contributed by atoms with E-state index in [-0.39, 0.29) is 11.3 Å². The van der Waals surface area contributed by atoms with Gasteiger partial charge >= 0.3 is 6.18 Å². The highest BCUT2D eigenvalue weighted by Crippen LogP contribution is 2.23. The van der Waals surface area contributed by atoms with Gasteiger partial charge in [0.15, 0.2) is 0 Å². The Hall–Kier alpha value is -1.30. The molecule has 0 radical (unpaired) electrons. The van der Waals surface area contributed by atoms with Crippen molar-refractivity contribution >= 4 is 0 Å². The second-order valence-electron chi connectivity index (χ2n) is 3.57. The van der Waals surface area contributed by atoms with Crippen molar-refractivity contribution in [1.82, 2.24) is 0 Å². The first-order valence-corrected chi connectivity index (χ1v) is 4.96. The third-order valence-electron chi connectivity index (χ3n) is 2.08. The predicted molar refractivity (Wildman–Crippen MR) is 53.2 cm³/mol. The Bertz CT molecular complexity index is 374. The van der Waals surface area contributed by atoms with Crippen LogP contribution in [0.25, 0.3) is 0 Å². The molecule has 1 rings (SSSR count). The fourth-order valence-corrected chi connectivity index (χ4v) is 1.22. The molecule has 1 N–H and O–H groups in total.